The molecular weight excluding hydrogens is 322 g/mol. The molecule has 0 aliphatic heterocycles. The van der Waals surface area contributed by atoms with Crippen molar-refractivity contribution >= 4 is 23.6 Å². The molecule has 0 spiro atoms. The Kier molecular flexibility index (Phi) is 5.13. The number of nitrogens with two attached hydrogens (primary N) is 1. The summed E-state index contributed by atoms with van der Waals surface area (Å²) in [5.41, 5.74) is 1.98. The lowest BCUT2D eigenvalue weighted by atomic mass is 9.85. The molecule has 1 rings (SSSR count). The molecule has 2 amide bonds. The molecule has 0 radical (unpaired) electrons. The number of halogens is 2. The summed E-state index contributed by atoms with van der Waals surface area (Å²) < 4.78 is 34.0. The van der Waals surface area contributed by atoms with Crippen LogP contribution >= 0.6 is 0 Å². The van der Waals surface area contributed by atoms with Gasteiger partial charge >= 0.3 is 12.2 Å². The number of anilines is 2. The van der Waals surface area contributed by atoms with Crippen LogP contribution in [0, 0.1) is 11.6 Å². The molecule has 134 valence electrons. The fourth-order valence-corrected chi connectivity index (χ4v) is 2.05. The Labute approximate surface area is 139 Å². The number of amides is 2. The van der Waals surface area contributed by atoms with Gasteiger partial charge in [0.25, 0.3) is 0 Å². The molecule has 0 bridgehead atoms. The van der Waals surface area contributed by atoms with Crippen molar-refractivity contribution in [1.29, 1.82) is 0 Å². The van der Waals surface area contributed by atoms with Gasteiger partial charge in [0.15, 0.2) is 11.6 Å². The molecule has 1 aromatic carbocycles. The van der Waals surface area contributed by atoms with Gasteiger partial charge in [0.2, 0.25) is 0 Å². The summed E-state index contributed by atoms with van der Waals surface area (Å²) in [5, 5.41) is 9.30. The molecule has 0 unspecified atom stereocenters. The van der Waals surface area contributed by atoms with Crippen molar-refractivity contribution in [3.05, 3.63) is 23.3 Å². The van der Waals surface area contributed by atoms with Crippen molar-refractivity contribution in [2.24, 2.45) is 0 Å². The monoisotopic (exact) mass is 344 g/mol. The number of carbonyl (C=O) groups is 2. The van der Waals surface area contributed by atoms with E-state index in [1.807, 2.05) is 0 Å². The largest absolute Gasteiger partial charge is 0.464 e. The maximum absolute atomic E-state index is 14.8. The number of benzene rings is 1. The lowest BCUT2D eigenvalue weighted by molar-refractivity contribution is 0.0580. The molecule has 0 aliphatic carbocycles. The minimum atomic E-state index is -1.77. The zero-order valence-corrected chi connectivity index (χ0v) is 14.5. The highest BCUT2D eigenvalue weighted by atomic mass is 19.1. The van der Waals surface area contributed by atoms with Gasteiger partial charge in [-0.15, -0.1) is 0 Å². The second-order valence-corrected chi connectivity index (χ2v) is 7.34. The molecule has 1 aromatic rings. The minimum Gasteiger partial charge on any atom is -0.464 e. The Bertz CT molecular complexity index is 676. The highest BCUT2D eigenvalue weighted by molar-refractivity contribution is 6.09. The molecule has 8 heteroatoms. The molecule has 3 N–H and O–H groups in total. The van der Waals surface area contributed by atoms with Crippen LogP contribution in [-0.4, -0.2) is 22.9 Å². The second-order valence-electron chi connectivity index (χ2n) is 7.34. The average molecular weight is 344 g/mol. The average Bonchev–Trinajstić information content (AvgIpc) is 2.31. The molecule has 24 heavy (non-hydrogen) atoms. The van der Waals surface area contributed by atoms with Crippen LogP contribution in [0.15, 0.2) is 6.07 Å². The van der Waals surface area contributed by atoms with Crippen LogP contribution in [0.4, 0.5) is 29.7 Å². The molecule has 0 aliphatic rings. The number of nitrogen functional groups attached to an aromatic ring is 1. The molecule has 0 saturated heterocycles. The zero-order valence-electron chi connectivity index (χ0n) is 14.5. The van der Waals surface area contributed by atoms with Gasteiger partial charge in [0.1, 0.15) is 5.60 Å². The maximum atomic E-state index is 14.8. The third-order valence-electron chi connectivity index (χ3n) is 2.97. The number of imide groups is 1. The van der Waals surface area contributed by atoms with E-state index < -0.39 is 51.8 Å². The van der Waals surface area contributed by atoms with Crippen molar-refractivity contribution in [3.8, 4) is 0 Å². The van der Waals surface area contributed by atoms with Crippen LogP contribution < -0.4 is 10.6 Å². The van der Waals surface area contributed by atoms with Crippen LogP contribution in [0.3, 0.4) is 0 Å². The SMILES string of the molecule is CC(C)(C)OC(=O)N(C(=O)O)c1cc(N)c(F)c(C(C)(C)C)c1F. The van der Waals surface area contributed by atoms with Gasteiger partial charge in [-0.2, -0.15) is 4.90 Å². The predicted molar refractivity (Wildman–Crippen MR) is 86.2 cm³/mol. The first-order valence-electron chi connectivity index (χ1n) is 7.20. The van der Waals surface area contributed by atoms with Crippen LogP contribution in [0.1, 0.15) is 47.1 Å². The number of nitrogens with zero attached hydrogens (tertiary/aromatic N) is 1. The standard InChI is InChI=1S/C16H22F2N2O4/c1-15(2,3)10-11(17)8(19)7-9(12(10)18)20(13(21)22)14(23)24-16(4,5)6/h7H,19H2,1-6H3,(H,21,22). The van der Waals surface area contributed by atoms with Gasteiger partial charge in [-0.3, -0.25) is 0 Å². The number of ether oxygens (including phenoxy) is 1. The molecule has 6 nitrogen and oxygen atoms in total. The van der Waals surface area contributed by atoms with Crippen LogP contribution in [0.5, 0.6) is 0 Å². The lowest BCUT2D eigenvalue weighted by Crippen LogP contribution is -2.41. The summed E-state index contributed by atoms with van der Waals surface area (Å²) in [5.74, 6) is -2.17. The number of hydrogen-bond acceptors (Lipinski definition) is 4. The summed E-state index contributed by atoms with van der Waals surface area (Å²) in [6.45, 7) is 9.20. The molecule has 0 heterocycles. The first kappa shape index (κ1) is 19.7. The lowest BCUT2D eigenvalue weighted by Gasteiger charge is -2.27. The third kappa shape index (κ3) is 4.12. The molecule has 0 atom stereocenters. The smallest absolute Gasteiger partial charge is 0.424 e. The minimum absolute atomic E-state index is 0.0750. The van der Waals surface area contributed by atoms with E-state index >= 15 is 0 Å². The summed E-state index contributed by atoms with van der Waals surface area (Å²) >= 11 is 0. The maximum Gasteiger partial charge on any atom is 0.424 e. The first-order chi connectivity index (χ1) is 10.7. The topological polar surface area (TPSA) is 92.9 Å². The third-order valence-corrected chi connectivity index (χ3v) is 2.97. The normalized spacial score (nSPS) is 12.0. The first-order valence-corrected chi connectivity index (χ1v) is 7.20. The molecule has 0 aromatic heterocycles. The molecule has 0 fully saturated rings. The Hall–Kier alpha value is -2.38. The van der Waals surface area contributed by atoms with Gasteiger partial charge in [-0.1, -0.05) is 20.8 Å². The number of carboxylic acid groups (broad SMARTS) is 1. The highest BCUT2D eigenvalue weighted by Gasteiger charge is 2.35. The summed E-state index contributed by atoms with van der Waals surface area (Å²) in [7, 11) is 0. The Balaban J connectivity index is 3.60. The van der Waals surface area contributed by atoms with Crippen LogP contribution in [0.2, 0.25) is 0 Å². The van der Waals surface area contributed by atoms with E-state index in [0.29, 0.717) is 0 Å². The number of carbonyl (C=O) groups excluding carboxylic acids is 1. The molecule has 0 saturated carbocycles. The highest BCUT2D eigenvalue weighted by Crippen LogP contribution is 2.36. The Morgan fingerprint density at radius 1 is 1.12 bits per heavy atom. The summed E-state index contributed by atoms with van der Waals surface area (Å²) in [6.07, 6.45) is -3.08. The summed E-state index contributed by atoms with van der Waals surface area (Å²) in [6, 6.07) is 0.762. The fourth-order valence-electron chi connectivity index (χ4n) is 2.05. The zero-order chi connectivity index (χ0) is 19.0. The van der Waals surface area contributed by atoms with Crippen LogP contribution in [0.25, 0.3) is 0 Å². The number of hydrogen-bond donors (Lipinski definition) is 2. The van der Waals surface area contributed by atoms with E-state index in [1.54, 1.807) is 0 Å². The summed E-state index contributed by atoms with van der Waals surface area (Å²) in [4.78, 5) is 23.7. The second kappa shape index (κ2) is 6.26. The van der Waals surface area contributed by atoms with E-state index in [2.05, 4.69) is 0 Å². The number of rotatable bonds is 1. The quantitative estimate of drug-likeness (QED) is 0.742. The predicted octanol–water partition coefficient (Wildman–Crippen LogP) is 4.26. The fraction of sp³-hybridized carbons (Fsp3) is 0.500. The van der Waals surface area contributed by atoms with Crippen molar-refractivity contribution in [1.82, 2.24) is 0 Å². The van der Waals surface area contributed by atoms with Crippen molar-refractivity contribution < 1.29 is 28.2 Å². The Morgan fingerprint density at radius 3 is 2.00 bits per heavy atom. The van der Waals surface area contributed by atoms with Crippen molar-refractivity contribution in [2.45, 2.75) is 52.6 Å². The van der Waals surface area contributed by atoms with Gasteiger partial charge in [-0.05, 0) is 32.3 Å². The van der Waals surface area contributed by atoms with Crippen LogP contribution in [-0.2, 0) is 10.2 Å². The van der Waals surface area contributed by atoms with E-state index in [9.17, 15) is 23.5 Å². The van der Waals surface area contributed by atoms with Crippen molar-refractivity contribution in [2.75, 3.05) is 10.6 Å². The van der Waals surface area contributed by atoms with Gasteiger partial charge in [-0.25, -0.2) is 18.4 Å². The van der Waals surface area contributed by atoms with Gasteiger partial charge in [0.05, 0.1) is 11.4 Å². The van der Waals surface area contributed by atoms with E-state index in [0.717, 1.165) is 6.07 Å². The van der Waals surface area contributed by atoms with Gasteiger partial charge < -0.3 is 15.6 Å². The van der Waals surface area contributed by atoms with E-state index in [1.165, 1.54) is 41.5 Å². The Morgan fingerprint density at radius 2 is 1.62 bits per heavy atom. The van der Waals surface area contributed by atoms with Gasteiger partial charge in [0, 0.05) is 5.56 Å². The van der Waals surface area contributed by atoms with E-state index in [-0.39, 0.29) is 4.90 Å². The van der Waals surface area contributed by atoms with Crippen molar-refractivity contribution in [3.63, 3.8) is 0 Å². The van der Waals surface area contributed by atoms with E-state index in [4.69, 9.17) is 10.5 Å². The molecular formula is C16H22F2N2O4.